The summed E-state index contributed by atoms with van der Waals surface area (Å²) >= 11 is 0. The summed E-state index contributed by atoms with van der Waals surface area (Å²) in [6.45, 7) is 8.18. The van der Waals surface area contributed by atoms with E-state index in [4.69, 9.17) is 0 Å². The molecule has 2 aliphatic rings. The molecular formula is C36H50N8O12. The quantitative estimate of drug-likeness (QED) is 0.0748. The fraction of sp³-hybridized carbons (Fsp3) is 0.556. The largest absolute Gasteiger partial charge is 0.347 e. The van der Waals surface area contributed by atoms with E-state index in [1.54, 1.807) is 0 Å². The van der Waals surface area contributed by atoms with Crippen molar-refractivity contribution in [3.05, 3.63) is 24.3 Å². The van der Waals surface area contributed by atoms with Crippen molar-refractivity contribution in [2.75, 3.05) is 27.2 Å². The number of Topliss-reactive ketones (excluding diaryl/α,β-unsaturated/α-hetero) is 2. The molecule has 306 valence electrons. The second-order valence-electron chi connectivity index (χ2n) is 13.7. The average molecular weight is 787 g/mol. The van der Waals surface area contributed by atoms with Crippen LogP contribution >= 0.6 is 0 Å². The van der Waals surface area contributed by atoms with E-state index in [2.05, 4.69) is 21.3 Å². The molecule has 20 nitrogen and oxygen atoms in total. The third kappa shape index (κ3) is 13.0. The van der Waals surface area contributed by atoms with Crippen LogP contribution in [0.2, 0.25) is 0 Å². The number of nitrogens with zero attached hydrogens (tertiary/aromatic N) is 4. The van der Waals surface area contributed by atoms with E-state index in [9.17, 15) is 57.5 Å². The smallest absolute Gasteiger partial charge is 0.263 e. The number of hydrogen-bond donors (Lipinski definition) is 4. The molecular weight excluding hydrogens is 736 g/mol. The van der Waals surface area contributed by atoms with Crippen LogP contribution in [-0.4, -0.2) is 142 Å². The Hall–Kier alpha value is -6.08. The number of carbonyl (C=O) groups excluding carboxylic acids is 12. The lowest BCUT2D eigenvalue weighted by molar-refractivity contribution is -0.161. The molecule has 0 saturated heterocycles. The molecule has 0 aromatic rings. The highest BCUT2D eigenvalue weighted by Gasteiger charge is 2.32. The van der Waals surface area contributed by atoms with E-state index in [1.165, 1.54) is 55.6 Å². The monoisotopic (exact) mass is 786 g/mol. The summed E-state index contributed by atoms with van der Waals surface area (Å²) < 4.78 is 0. The van der Waals surface area contributed by atoms with Crippen LogP contribution in [0, 0.1) is 11.8 Å². The van der Waals surface area contributed by atoms with Gasteiger partial charge < -0.3 is 21.3 Å². The van der Waals surface area contributed by atoms with Crippen LogP contribution < -0.4 is 21.3 Å². The molecule has 0 bridgehead atoms. The number of carbonyl (C=O) groups is 12. The maximum Gasteiger partial charge on any atom is 0.263 e. The Balaban J connectivity index is 1.78. The molecule has 56 heavy (non-hydrogen) atoms. The second kappa shape index (κ2) is 20.6. The molecule has 2 rings (SSSR count). The van der Waals surface area contributed by atoms with Crippen molar-refractivity contribution < 1.29 is 57.5 Å². The molecule has 6 atom stereocenters. The van der Waals surface area contributed by atoms with Crippen LogP contribution in [0.3, 0.4) is 0 Å². The lowest BCUT2D eigenvalue weighted by atomic mass is 9.99. The molecule has 0 fully saturated rings. The zero-order valence-electron chi connectivity index (χ0n) is 32.7. The Bertz CT molecular complexity index is 1550. The van der Waals surface area contributed by atoms with Gasteiger partial charge in [-0.15, -0.1) is 0 Å². The van der Waals surface area contributed by atoms with Crippen LogP contribution in [0.25, 0.3) is 0 Å². The van der Waals surface area contributed by atoms with Crippen molar-refractivity contribution in [2.45, 2.75) is 91.4 Å². The molecule has 0 aromatic heterocycles. The van der Waals surface area contributed by atoms with Gasteiger partial charge in [0.05, 0.1) is 12.1 Å². The van der Waals surface area contributed by atoms with Gasteiger partial charge in [0, 0.05) is 89.0 Å². The van der Waals surface area contributed by atoms with Crippen LogP contribution in [0.15, 0.2) is 24.3 Å². The number of rotatable bonds is 20. The fourth-order valence-electron chi connectivity index (χ4n) is 5.35. The predicted molar refractivity (Wildman–Crippen MR) is 194 cm³/mol. The first kappa shape index (κ1) is 46.1. The topological polar surface area (TPSA) is 266 Å². The van der Waals surface area contributed by atoms with Gasteiger partial charge in [0.1, 0.15) is 12.1 Å². The predicted octanol–water partition coefficient (Wildman–Crippen LogP) is -2.34. The molecule has 6 unspecified atom stereocenters. The normalized spacial score (nSPS) is 16.7. The Morgan fingerprint density at radius 2 is 0.786 bits per heavy atom. The van der Waals surface area contributed by atoms with Gasteiger partial charge >= 0.3 is 0 Å². The van der Waals surface area contributed by atoms with Gasteiger partial charge in [-0.1, -0.05) is 13.8 Å². The van der Waals surface area contributed by atoms with E-state index in [0.29, 0.717) is 0 Å². The van der Waals surface area contributed by atoms with Crippen LogP contribution in [0.1, 0.15) is 67.2 Å². The molecule has 0 aromatic carbocycles. The Morgan fingerprint density at radius 1 is 0.500 bits per heavy atom. The van der Waals surface area contributed by atoms with Gasteiger partial charge in [0.25, 0.3) is 35.4 Å². The minimum absolute atomic E-state index is 0.160. The summed E-state index contributed by atoms with van der Waals surface area (Å²) in [6.07, 6.45) is 3.35. The van der Waals surface area contributed by atoms with Crippen molar-refractivity contribution in [3.63, 3.8) is 0 Å². The van der Waals surface area contributed by atoms with Crippen LogP contribution in [0.4, 0.5) is 0 Å². The number of amides is 10. The first-order valence-electron chi connectivity index (χ1n) is 17.9. The number of likely N-dealkylation sites (N-methyl/N-ethyl adjacent to an activating group) is 2. The summed E-state index contributed by atoms with van der Waals surface area (Å²) in [4.78, 5) is 150. The first-order valence-corrected chi connectivity index (χ1v) is 17.9. The number of imide groups is 2. The highest BCUT2D eigenvalue weighted by Crippen LogP contribution is 2.11. The van der Waals surface area contributed by atoms with Crippen LogP contribution in [-0.2, 0) is 57.5 Å². The molecule has 2 aliphatic heterocycles. The Kier molecular flexibility index (Phi) is 16.9. The molecule has 0 spiro atoms. The standard InChI is InChI=1S/C36H50N8O12/c1-19(17-25(45)21(3)37-27(47)13-15-43-29(49)9-10-30(43)50)33(53)39-23(5)35(55)41(7)42(8)36(56)24(6)40-34(54)20(2)18-26(46)22(4)38-28(48)14-16-44-31(51)11-12-32(44)52/h9-12,19-24H,13-18H2,1-8H3,(H,37,47)(H,38,48)(H,39,53)(H,40,54). The molecule has 4 N–H and O–H groups in total. The number of hydrogen-bond acceptors (Lipinski definition) is 12. The zero-order chi connectivity index (χ0) is 42.6. The summed E-state index contributed by atoms with van der Waals surface area (Å²) in [5.41, 5.74) is 0. The molecule has 0 saturated carbocycles. The van der Waals surface area contributed by atoms with E-state index in [-0.39, 0.29) is 38.8 Å². The maximum atomic E-state index is 13.1. The summed E-state index contributed by atoms with van der Waals surface area (Å²) in [5.74, 6) is -8.79. The van der Waals surface area contributed by atoms with Crippen molar-refractivity contribution in [1.82, 2.24) is 41.1 Å². The molecule has 0 radical (unpaired) electrons. The lowest BCUT2D eigenvalue weighted by Gasteiger charge is -2.32. The van der Waals surface area contributed by atoms with Crippen LogP contribution in [0.5, 0.6) is 0 Å². The van der Waals surface area contributed by atoms with Crippen molar-refractivity contribution in [2.24, 2.45) is 11.8 Å². The van der Waals surface area contributed by atoms with E-state index < -0.39 is 107 Å². The van der Waals surface area contributed by atoms with Crippen molar-refractivity contribution >= 4 is 70.6 Å². The van der Waals surface area contributed by atoms with E-state index in [1.807, 2.05) is 0 Å². The molecule has 0 aliphatic carbocycles. The Morgan fingerprint density at radius 3 is 1.07 bits per heavy atom. The van der Waals surface area contributed by atoms with Gasteiger partial charge in [-0.05, 0) is 27.7 Å². The fourth-order valence-corrected chi connectivity index (χ4v) is 5.35. The molecule has 2 heterocycles. The first-order chi connectivity index (χ1) is 26.0. The van der Waals surface area contributed by atoms with Crippen molar-refractivity contribution in [1.29, 1.82) is 0 Å². The highest BCUT2D eigenvalue weighted by atomic mass is 16.2. The summed E-state index contributed by atoms with van der Waals surface area (Å²) in [7, 11) is 2.55. The summed E-state index contributed by atoms with van der Waals surface area (Å²) in [5, 5.41) is 11.8. The molecule has 20 heteroatoms. The van der Waals surface area contributed by atoms with Gasteiger partial charge in [-0.25, -0.2) is 0 Å². The molecule has 10 amide bonds. The SMILES string of the molecule is CC(CC(=O)C(C)NC(=O)CCN1C(=O)C=CC1=O)C(=O)NC(C)C(=O)N(C)N(C)C(=O)C(C)NC(=O)C(C)CC(=O)C(C)NC(=O)CCN1C(=O)C=CC1=O. The minimum atomic E-state index is -1.15. The van der Waals surface area contributed by atoms with Crippen molar-refractivity contribution in [3.8, 4) is 0 Å². The Labute approximate surface area is 323 Å². The van der Waals surface area contributed by atoms with Gasteiger partial charge in [0.2, 0.25) is 23.6 Å². The lowest BCUT2D eigenvalue weighted by Crippen LogP contribution is -2.57. The van der Waals surface area contributed by atoms with E-state index >= 15 is 0 Å². The number of ketones is 2. The third-order valence-corrected chi connectivity index (χ3v) is 9.10. The highest BCUT2D eigenvalue weighted by molar-refractivity contribution is 6.13. The van der Waals surface area contributed by atoms with Gasteiger partial charge in [-0.3, -0.25) is 77.4 Å². The number of hydrazine groups is 1. The zero-order valence-corrected chi connectivity index (χ0v) is 32.7. The number of nitrogens with one attached hydrogen (secondary N) is 4. The summed E-state index contributed by atoms with van der Waals surface area (Å²) in [6, 6.07) is -4.26. The van der Waals surface area contributed by atoms with Gasteiger partial charge in [-0.2, -0.15) is 0 Å². The van der Waals surface area contributed by atoms with Gasteiger partial charge in [0.15, 0.2) is 11.6 Å². The van der Waals surface area contributed by atoms with E-state index in [0.717, 1.165) is 44.1 Å². The average Bonchev–Trinajstić information content (AvgIpc) is 3.64. The maximum absolute atomic E-state index is 13.1. The minimum Gasteiger partial charge on any atom is -0.347 e. The third-order valence-electron chi connectivity index (χ3n) is 9.10. The second-order valence-corrected chi connectivity index (χ2v) is 13.7.